The molecular weight excluding hydrogens is 432 g/mol. The number of guanidine groups is 1. The number of hydroxylamine groups is 2. The smallest absolute Gasteiger partial charge is 0.246 e. The molecule has 3 rings (SSSR count). The Balaban J connectivity index is 1.28. The second-order valence-corrected chi connectivity index (χ2v) is 9.13. The largest absolute Gasteiger partial charge is 0.379 e. The molecule has 9 heteroatoms. The Hall–Kier alpha value is -2.23. The van der Waals surface area contributed by atoms with E-state index in [1.165, 1.54) is 19.3 Å². The summed E-state index contributed by atoms with van der Waals surface area (Å²) in [6.45, 7) is 5.58. The number of anilines is 1. The van der Waals surface area contributed by atoms with Crippen molar-refractivity contribution in [2.75, 3.05) is 51.3 Å². The summed E-state index contributed by atoms with van der Waals surface area (Å²) in [6, 6.07) is 3.94. The van der Waals surface area contributed by atoms with Gasteiger partial charge in [0, 0.05) is 38.8 Å². The Morgan fingerprint density at radius 1 is 1.18 bits per heavy atom. The standard InChI is InChI=1S/C25H42N6O3/c26-25(29-22-9-8-13-27-21-22)28-14-7-2-1-6-12-24(32)31(23-10-4-3-5-11-23)34-20-17-30-15-18-33-19-16-30/h8-9,13,21,23H,1-7,10-12,14-20H2,(H3,26,28,29). The molecule has 0 atom stereocenters. The lowest BCUT2D eigenvalue weighted by molar-refractivity contribution is -0.205. The lowest BCUT2D eigenvalue weighted by Gasteiger charge is -2.34. The lowest BCUT2D eigenvalue weighted by Crippen LogP contribution is -2.44. The number of hydrogen-bond acceptors (Lipinski definition) is 6. The highest BCUT2D eigenvalue weighted by atomic mass is 16.7. The Morgan fingerprint density at radius 2 is 1.97 bits per heavy atom. The summed E-state index contributed by atoms with van der Waals surface area (Å²) < 4.78 is 5.41. The summed E-state index contributed by atoms with van der Waals surface area (Å²) >= 11 is 0. The second-order valence-electron chi connectivity index (χ2n) is 9.13. The number of morpholine rings is 1. The number of carbonyl (C=O) groups is 1. The van der Waals surface area contributed by atoms with E-state index in [1.54, 1.807) is 17.5 Å². The van der Waals surface area contributed by atoms with Crippen molar-refractivity contribution in [1.82, 2.24) is 20.3 Å². The van der Waals surface area contributed by atoms with Gasteiger partial charge in [-0.3, -0.25) is 24.9 Å². The van der Waals surface area contributed by atoms with Crippen LogP contribution in [0.15, 0.2) is 24.5 Å². The van der Waals surface area contributed by atoms with Crippen LogP contribution in [-0.4, -0.2) is 78.9 Å². The molecule has 190 valence electrons. The molecule has 2 heterocycles. The third kappa shape index (κ3) is 9.95. The van der Waals surface area contributed by atoms with Crippen molar-refractivity contribution in [3.05, 3.63) is 24.5 Å². The minimum atomic E-state index is 0.134. The fourth-order valence-corrected chi connectivity index (χ4v) is 4.49. The van der Waals surface area contributed by atoms with E-state index in [2.05, 4.69) is 20.5 Å². The normalized spacial score (nSPS) is 17.3. The number of rotatable bonds is 13. The number of pyridine rings is 1. The highest BCUT2D eigenvalue weighted by molar-refractivity contribution is 5.90. The Labute approximate surface area is 204 Å². The zero-order valence-electron chi connectivity index (χ0n) is 20.5. The Kier molecular flexibility index (Phi) is 12.1. The van der Waals surface area contributed by atoms with Crippen molar-refractivity contribution in [2.45, 2.75) is 70.3 Å². The summed E-state index contributed by atoms with van der Waals surface area (Å²) in [6.07, 6.45) is 13.5. The third-order valence-corrected chi connectivity index (χ3v) is 6.44. The van der Waals surface area contributed by atoms with Gasteiger partial charge in [-0.25, -0.2) is 5.06 Å². The van der Waals surface area contributed by atoms with Gasteiger partial charge in [-0.1, -0.05) is 32.1 Å². The van der Waals surface area contributed by atoms with Crippen LogP contribution >= 0.6 is 0 Å². The zero-order chi connectivity index (χ0) is 23.8. The van der Waals surface area contributed by atoms with E-state index in [4.69, 9.17) is 15.0 Å². The number of unbranched alkanes of at least 4 members (excludes halogenated alkanes) is 3. The van der Waals surface area contributed by atoms with Crippen LogP contribution in [-0.2, 0) is 14.4 Å². The maximum absolute atomic E-state index is 13.0. The maximum atomic E-state index is 13.0. The highest BCUT2D eigenvalue weighted by Gasteiger charge is 2.26. The van der Waals surface area contributed by atoms with Gasteiger partial charge in [0.1, 0.15) is 0 Å². The van der Waals surface area contributed by atoms with Crippen molar-refractivity contribution >= 4 is 17.6 Å². The predicted octanol–water partition coefficient (Wildman–Crippen LogP) is 3.39. The third-order valence-electron chi connectivity index (χ3n) is 6.44. The van der Waals surface area contributed by atoms with Gasteiger partial charge in [0.25, 0.3) is 0 Å². The van der Waals surface area contributed by atoms with Crippen LogP contribution in [0.5, 0.6) is 0 Å². The van der Waals surface area contributed by atoms with E-state index in [0.717, 1.165) is 83.6 Å². The number of carbonyl (C=O) groups excluding carboxylic acids is 1. The molecule has 0 radical (unpaired) electrons. The molecule has 2 aliphatic rings. The summed E-state index contributed by atoms with van der Waals surface area (Å²) in [5.74, 6) is 0.412. The van der Waals surface area contributed by atoms with E-state index in [0.29, 0.717) is 13.0 Å². The first kappa shape index (κ1) is 26.4. The number of amides is 1. The minimum absolute atomic E-state index is 0.134. The van der Waals surface area contributed by atoms with Crippen molar-refractivity contribution in [2.24, 2.45) is 0 Å². The molecule has 0 spiro atoms. The second kappa shape index (κ2) is 15.6. The first-order valence-corrected chi connectivity index (χ1v) is 13.0. The van der Waals surface area contributed by atoms with Crippen LogP contribution in [0, 0.1) is 5.41 Å². The lowest BCUT2D eigenvalue weighted by atomic mass is 9.95. The van der Waals surface area contributed by atoms with Crippen molar-refractivity contribution in [1.29, 1.82) is 5.41 Å². The quantitative estimate of drug-likeness (QED) is 0.174. The number of nitrogens with zero attached hydrogens (tertiary/aromatic N) is 3. The highest BCUT2D eigenvalue weighted by Crippen LogP contribution is 2.24. The average molecular weight is 475 g/mol. The fourth-order valence-electron chi connectivity index (χ4n) is 4.49. The molecule has 1 aromatic heterocycles. The van der Waals surface area contributed by atoms with E-state index in [-0.39, 0.29) is 17.9 Å². The zero-order valence-corrected chi connectivity index (χ0v) is 20.5. The molecule has 1 saturated carbocycles. The SMILES string of the molecule is N=C(NCCCCCCC(=O)N(OCCN1CCOCC1)C1CCCCC1)Nc1cccnc1. The van der Waals surface area contributed by atoms with Crippen LogP contribution < -0.4 is 10.6 Å². The van der Waals surface area contributed by atoms with Crippen LogP contribution in [0.2, 0.25) is 0 Å². The first-order chi connectivity index (χ1) is 16.7. The molecular formula is C25H42N6O3. The first-order valence-electron chi connectivity index (χ1n) is 13.0. The summed E-state index contributed by atoms with van der Waals surface area (Å²) in [7, 11) is 0. The van der Waals surface area contributed by atoms with Gasteiger partial charge in [0.2, 0.25) is 5.91 Å². The molecule has 1 aliphatic heterocycles. The predicted molar refractivity (Wildman–Crippen MR) is 134 cm³/mol. The monoisotopic (exact) mass is 474 g/mol. The van der Waals surface area contributed by atoms with E-state index < -0.39 is 0 Å². The van der Waals surface area contributed by atoms with Gasteiger partial charge >= 0.3 is 0 Å². The van der Waals surface area contributed by atoms with E-state index >= 15 is 0 Å². The maximum Gasteiger partial charge on any atom is 0.246 e. The van der Waals surface area contributed by atoms with E-state index in [9.17, 15) is 4.79 Å². The Bertz CT molecular complexity index is 708. The molecule has 1 saturated heterocycles. The van der Waals surface area contributed by atoms with Crippen molar-refractivity contribution in [3.63, 3.8) is 0 Å². The van der Waals surface area contributed by atoms with Gasteiger partial charge in [0.05, 0.1) is 37.7 Å². The summed E-state index contributed by atoms with van der Waals surface area (Å²) in [4.78, 5) is 25.4. The van der Waals surface area contributed by atoms with Gasteiger partial charge < -0.3 is 15.4 Å². The molecule has 3 N–H and O–H groups in total. The average Bonchev–Trinajstić information content (AvgIpc) is 2.87. The van der Waals surface area contributed by atoms with Crippen molar-refractivity contribution < 1.29 is 14.4 Å². The molecule has 34 heavy (non-hydrogen) atoms. The molecule has 1 aliphatic carbocycles. The molecule has 0 aromatic carbocycles. The summed E-state index contributed by atoms with van der Waals surface area (Å²) in [5.41, 5.74) is 0.799. The van der Waals surface area contributed by atoms with Crippen LogP contribution in [0.25, 0.3) is 0 Å². The molecule has 9 nitrogen and oxygen atoms in total. The minimum Gasteiger partial charge on any atom is -0.379 e. The number of nitrogens with one attached hydrogen (secondary N) is 3. The fraction of sp³-hybridized carbons (Fsp3) is 0.720. The van der Waals surface area contributed by atoms with Gasteiger partial charge in [0.15, 0.2) is 5.96 Å². The molecule has 1 aromatic rings. The van der Waals surface area contributed by atoms with Gasteiger partial charge in [-0.05, 0) is 37.8 Å². The number of hydrogen-bond donors (Lipinski definition) is 3. The van der Waals surface area contributed by atoms with Crippen LogP contribution in [0.1, 0.15) is 64.2 Å². The van der Waals surface area contributed by atoms with Crippen molar-refractivity contribution in [3.8, 4) is 0 Å². The topological polar surface area (TPSA) is 103 Å². The molecule has 2 fully saturated rings. The molecule has 0 bridgehead atoms. The molecule has 0 unspecified atom stereocenters. The number of ether oxygens (including phenoxy) is 1. The molecule has 1 amide bonds. The summed E-state index contributed by atoms with van der Waals surface area (Å²) in [5, 5.41) is 15.7. The van der Waals surface area contributed by atoms with Crippen LogP contribution in [0.3, 0.4) is 0 Å². The van der Waals surface area contributed by atoms with Gasteiger partial charge in [-0.2, -0.15) is 0 Å². The van der Waals surface area contributed by atoms with Crippen LogP contribution in [0.4, 0.5) is 5.69 Å². The van der Waals surface area contributed by atoms with E-state index in [1.807, 2.05) is 12.1 Å². The Morgan fingerprint density at radius 3 is 2.74 bits per heavy atom. The van der Waals surface area contributed by atoms with Gasteiger partial charge in [-0.15, -0.1) is 0 Å². The number of aromatic nitrogens is 1.